The first-order chi connectivity index (χ1) is 8.78. The van der Waals surface area contributed by atoms with Crippen molar-refractivity contribution in [3.8, 4) is 0 Å². The minimum absolute atomic E-state index is 0.343. The number of hydrogen-bond acceptors (Lipinski definition) is 2. The van der Waals surface area contributed by atoms with Gasteiger partial charge in [-0.15, -0.1) is 0 Å². The Morgan fingerprint density at radius 2 is 2.28 bits per heavy atom. The van der Waals surface area contributed by atoms with Gasteiger partial charge in [-0.25, -0.2) is 0 Å². The van der Waals surface area contributed by atoms with Crippen LogP contribution >= 0.6 is 0 Å². The molecule has 1 aromatic heterocycles. The highest BCUT2D eigenvalue weighted by atomic mass is 15.3. The number of hydrogen-bond donors (Lipinski definition) is 1. The molecule has 0 aliphatic heterocycles. The lowest BCUT2D eigenvalue weighted by Crippen LogP contribution is -2.13. The first-order valence-corrected chi connectivity index (χ1v) is 6.68. The Hall–Kier alpha value is -1.61. The highest BCUT2D eigenvalue weighted by molar-refractivity contribution is 5.87. The number of fused-ring (bicyclic) bond motifs is 1. The molecule has 1 fully saturated rings. The first kappa shape index (κ1) is 11.5. The summed E-state index contributed by atoms with van der Waals surface area (Å²) >= 11 is 0. The molecule has 2 N–H and O–H groups in total. The van der Waals surface area contributed by atoms with E-state index in [1.54, 1.807) is 0 Å². The maximum atomic E-state index is 5.96. The molecule has 3 heteroatoms. The Labute approximate surface area is 107 Å². The molecule has 18 heavy (non-hydrogen) atoms. The zero-order valence-corrected chi connectivity index (χ0v) is 10.8. The summed E-state index contributed by atoms with van der Waals surface area (Å²) in [7, 11) is 0. The third-order valence-electron chi connectivity index (χ3n) is 3.69. The summed E-state index contributed by atoms with van der Waals surface area (Å²) in [6.07, 6.45) is 5.49. The van der Waals surface area contributed by atoms with E-state index in [2.05, 4.69) is 41.9 Å². The van der Waals surface area contributed by atoms with Crippen molar-refractivity contribution in [3.63, 3.8) is 0 Å². The van der Waals surface area contributed by atoms with Gasteiger partial charge >= 0.3 is 0 Å². The first-order valence-electron chi connectivity index (χ1n) is 6.68. The molecule has 0 bridgehead atoms. The van der Waals surface area contributed by atoms with E-state index in [1.165, 1.54) is 16.5 Å². The van der Waals surface area contributed by atoms with E-state index in [0.717, 1.165) is 31.5 Å². The van der Waals surface area contributed by atoms with Gasteiger partial charge in [0.1, 0.15) is 0 Å². The predicted octanol–water partition coefficient (Wildman–Crippen LogP) is 2.95. The Morgan fingerprint density at radius 3 is 3.00 bits per heavy atom. The van der Waals surface area contributed by atoms with Gasteiger partial charge in [-0.05, 0) is 38.3 Å². The van der Waals surface area contributed by atoms with E-state index in [9.17, 15) is 0 Å². The van der Waals surface area contributed by atoms with Crippen LogP contribution in [0.1, 0.15) is 31.9 Å². The van der Waals surface area contributed by atoms with Crippen molar-refractivity contribution in [3.05, 3.63) is 35.5 Å². The Balaban J connectivity index is 2.07. The molecule has 1 aliphatic rings. The third-order valence-corrected chi connectivity index (χ3v) is 3.69. The van der Waals surface area contributed by atoms with Gasteiger partial charge < -0.3 is 5.73 Å². The van der Waals surface area contributed by atoms with Gasteiger partial charge in [0.05, 0.1) is 11.2 Å². The zero-order valence-electron chi connectivity index (χ0n) is 10.8. The van der Waals surface area contributed by atoms with E-state index in [0.29, 0.717) is 6.04 Å². The summed E-state index contributed by atoms with van der Waals surface area (Å²) in [6, 6.07) is 8.77. The van der Waals surface area contributed by atoms with Crippen LogP contribution in [0, 0.1) is 0 Å². The Bertz CT molecular complexity index is 595. The van der Waals surface area contributed by atoms with Crippen LogP contribution in [0.25, 0.3) is 17.0 Å². The summed E-state index contributed by atoms with van der Waals surface area (Å²) < 4.78 is 2.07. The normalized spacial score (nSPS) is 22.1. The number of nitrogens with two attached hydrogens (primary N) is 1. The van der Waals surface area contributed by atoms with Crippen LogP contribution in [0.15, 0.2) is 29.8 Å². The fraction of sp³-hybridized carbons (Fsp3) is 0.400. The van der Waals surface area contributed by atoms with Gasteiger partial charge in [-0.3, -0.25) is 4.68 Å². The smallest absolute Gasteiger partial charge is 0.0929 e. The molecular weight excluding hydrogens is 222 g/mol. The lowest BCUT2D eigenvalue weighted by Gasteiger charge is -1.96. The second-order valence-electron chi connectivity index (χ2n) is 5.02. The van der Waals surface area contributed by atoms with Crippen LogP contribution in [-0.2, 0) is 6.54 Å². The minimum atomic E-state index is 0.343. The van der Waals surface area contributed by atoms with E-state index < -0.39 is 0 Å². The second-order valence-corrected chi connectivity index (χ2v) is 5.02. The molecule has 0 amide bonds. The van der Waals surface area contributed by atoms with E-state index in [-0.39, 0.29) is 0 Å². The van der Waals surface area contributed by atoms with Crippen LogP contribution in [0.2, 0.25) is 0 Å². The van der Waals surface area contributed by atoms with Gasteiger partial charge in [-0.1, -0.05) is 23.8 Å². The summed E-state index contributed by atoms with van der Waals surface area (Å²) in [5.74, 6) is 0. The second kappa shape index (κ2) is 4.58. The van der Waals surface area contributed by atoms with Crippen LogP contribution < -0.4 is 5.73 Å². The highest BCUT2D eigenvalue weighted by Crippen LogP contribution is 2.27. The monoisotopic (exact) mass is 241 g/mol. The lowest BCUT2D eigenvalue weighted by atomic mass is 10.1. The molecular formula is C15H19N3. The summed E-state index contributed by atoms with van der Waals surface area (Å²) in [5.41, 5.74) is 9.71. The molecule has 2 aromatic rings. The number of aryl methyl sites for hydroxylation is 1. The summed E-state index contributed by atoms with van der Waals surface area (Å²) in [6.45, 7) is 3.03. The largest absolute Gasteiger partial charge is 0.327 e. The molecule has 1 heterocycles. The molecule has 1 unspecified atom stereocenters. The number of aromatic nitrogens is 2. The molecule has 0 saturated heterocycles. The molecule has 1 aromatic carbocycles. The van der Waals surface area contributed by atoms with Crippen molar-refractivity contribution in [1.29, 1.82) is 0 Å². The summed E-state index contributed by atoms with van der Waals surface area (Å²) in [5, 5.41) is 5.94. The van der Waals surface area contributed by atoms with E-state index in [4.69, 9.17) is 10.8 Å². The Kier molecular flexibility index (Phi) is 2.92. The maximum Gasteiger partial charge on any atom is 0.0929 e. The summed E-state index contributed by atoms with van der Waals surface area (Å²) in [4.78, 5) is 0. The fourth-order valence-electron chi connectivity index (χ4n) is 2.74. The standard InChI is InChI=1S/C15H19N3/c1-2-18-15-6-4-3-5-13(15)14(17-18)10-11-7-8-12(16)9-11/h3-6,10,12H,2,7-9,16H2,1H3. The highest BCUT2D eigenvalue weighted by Gasteiger charge is 2.16. The number of para-hydroxylation sites is 1. The maximum absolute atomic E-state index is 5.96. The quantitative estimate of drug-likeness (QED) is 0.878. The Morgan fingerprint density at radius 1 is 1.44 bits per heavy atom. The number of nitrogens with zero attached hydrogens (tertiary/aromatic N) is 2. The molecule has 1 saturated carbocycles. The zero-order chi connectivity index (χ0) is 12.5. The van der Waals surface area contributed by atoms with Crippen LogP contribution in [0.3, 0.4) is 0 Å². The van der Waals surface area contributed by atoms with Crippen molar-refractivity contribution in [2.45, 2.75) is 38.8 Å². The van der Waals surface area contributed by atoms with Crippen molar-refractivity contribution >= 4 is 17.0 Å². The SMILES string of the molecule is CCn1nc(C=C2CCC(N)C2)c2ccccc21. The van der Waals surface area contributed by atoms with E-state index >= 15 is 0 Å². The molecule has 94 valence electrons. The number of rotatable bonds is 2. The topological polar surface area (TPSA) is 43.8 Å². The molecule has 1 atom stereocenters. The van der Waals surface area contributed by atoms with E-state index in [1.807, 2.05) is 0 Å². The van der Waals surface area contributed by atoms with Gasteiger partial charge in [0.2, 0.25) is 0 Å². The number of benzene rings is 1. The van der Waals surface area contributed by atoms with Crippen molar-refractivity contribution in [2.75, 3.05) is 0 Å². The van der Waals surface area contributed by atoms with Crippen LogP contribution in [0.4, 0.5) is 0 Å². The molecule has 0 radical (unpaired) electrons. The van der Waals surface area contributed by atoms with Crippen molar-refractivity contribution in [2.24, 2.45) is 5.73 Å². The van der Waals surface area contributed by atoms with Crippen molar-refractivity contribution < 1.29 is 0 Å². The van der Waals surface area contributed by atoms with Gasteiger partial charge in [0.15, 0.2) is 0 Å². The lowest BCUT2D eigenvalue weighted by molar-refractivity contribution is 0.681. The molecule has 1 aliphatic carbocycles. The predicted molar refractivity (Wildman–Crippen MR) is 75.2 cm³/mol. The minimum Gasteiger partial charge on any atom is -0.327 e. The molecule has 0 spiro atoms. The fourth-order valence-corrected chi connectivity index (χ4v) is 2.74. The molecule has 3 rings (SSSR count). The van der Waals surface area contributed by atoms with Crippen molar-refractivity contribution in [1.82, 2.24) is 9.78 Å². The van der Waals surface area contributed by atoms with Gasteiger partial charge in [0, 0.05) is 18.0 Å². The van der Waals surface area contributed by atoms with Gasteiger partial charge in [0.25, 0.3) is 0 Å². The third kappa shape index (κ3) is 1.95. The van der Waals surface area contributed by atoms with Crippen LogP contribution in [-0.4, -0.2) is 15.8 Å². The van der Waals surface area contributed by atoms with Crippen LogP contribution in [0.5, 0.6) is 0 Å². The average molecular weight is 241 g/mol. The van der Waals surface area contributed by atoms with Gasteiger partial charge in [-0.2, -0.15) is 5.10 Å². The average Bonchev–Trinajstić information content (AvgIpc) is 2.95. The molecule has 3 nitrogen and oxygen atoms in total.